The van der Waals surface area contributed by atoms with Crippen LogP contribution in [0.5, 0.6) is 0 Å². The highest BCUT2D eigenvalue weighted by Gasteiger charge is 2.23. The van der Waals surface area contributed by atoms with E-state index in [1.54, 1.807) is 6.08 Å². The van der Waals surface area contributed by atoms with Gasteiger partial charge in [0.15, 0.2) is 5.70 Å². The summed E-state index contributed by atoms with van der Waals surface area (Å²) in [5.41, 5.74) is 1.93. The molecule has 1 aliphatic rings. The molecular weight excluding hydrogens is 342 g/mol. The van der Waals surface area contributed by atoms with Crippen LogP contribution in [-0.4, -0.2) is 37.8 Å². The lowest BCUT2D eigenvalue weighted by Gasteiger charge is -2.18. The number of rotatable bonds is 4. The van der Waals surface area contributed by atoms with Crippen LogP contribution >= 0.6 is 0 Å². The van der Waals surface area contributed by atoms with Crippen molar-refractivity contribution < 1.29 is 28.6 Å². The number of methoxy groups -OCH3 is 1. The number of hydrogen-bond acceptors (Lipinski definition) is 8. The van der Waals surface area contributed by atoms with Gasteiger partial charge in [-0.05, 0) is 32.3 Å². The Morgan fingerprint density at radius 1 is 1.38 bits per heavy atom. The molecule has 1 heterocycles. The SMILES string of the molecule is C=C.COC(=O)OCO/C1=C(/NN)C(=O)NC(C)CCCC/C=C\C1=O. The molecular formula is C17H27N3O6. The molecule has 1 unspecified atom stereocenters. The Morgan fingerprint density at radius 2 is 2.08 bits per heavy atom. The molecule has 26 heavy (non-hydrogen) atoms. The molecule has 0 fully saturated rings. The van der Waals surface area contributed by atoms with Gasteiger partial charge in [0.1, 0.15) is 0 Å². The van der Waals surface area contributed by atoms with Gasteiger partial charge >= 0.3 is 6.16 Å². The van der Waals surface area contributed by atoms with Crippen molar-refractivity contribution in [1.82, 2.24) is 10.7 Å². The van der Waals surface area contributed by atoms with E-state index in [4.69, 9.17) is 10.6 Å². The van der Waals surface area contributed by atoms with Crippen molar-refractivity contribution >= 4 is 17.8 Å². The molecule has 1 rings (SSSR count). The number of carbonyl (C=O) groups excluding carboxylic acids is 3. The minimum atomic E-state index is -0.980. The van der Waals surface area contributed by atoms with Gasteiger partial charge < -0.3 is 25.0 Å². The second-order valence-electron chi connectivity index (χ2n) is 5.13. The molecule has 0 aromatic carbocycles. The van der Waals surface area contributed by atoms with E-state index in [-0.39, 0.29) is 17.5 Å². The summed E-state index contributed by atoms with van der Waals surface area (Å²) in [6, 6.07) is -0.0908. The normalized spacial score (nSPS) is 22.3. The lowest BCUT2D eigenvalue weighted by Crippen LogP contribution is -2.41. The third kappa shape index (κ3) is 8.34. The van der Waals surface area contributed by atoms with E-state index in [2.05, 4.69) is 33.4 Å². The highest BCUT2D eigenvalue weighted by Crippen LogP contribution is 2.11. The Balaban J connectivity index is 0.00000301. The molecule has 0 radical (unpaired) electrons. The van der Waals surface area contributed by atoms with E-state index in [0.29, 0.717) is 0 Å². The maximum absolute atomic E-state index is 12.3. The predicted molar refractivity (Wildman–Crippen MR) is 95.3 cm³/mol. The van der Waals surface area contributed by atoms with Crippen LogP contribution < -0.4 is 16.6 Å². The van der Waals surface area contributed by atoms with Crippen LogP contribution in [0.2, 0.25) is 0 Å². The van der Waals surface area contributed by atoms with E-state index in [0.717, 1.165) is 32.8 Å². The van der Waals surface area contributed by atoms with E-state index in [1.807, 2.05) is 6.92 Å². The monoisotopic (exact) mass is 369 g/mol. The molecule has 0 spiro atoms. The number of nitrogens with one attached hydrogen (secondary N) is 2. The highest BCUT2D eigenvalue weighted by molar-refractivity contribution is 6.08. The zero-order valence-corrected chi connectivity index (χ0v) is 15.2. The van der Waals surface area contributed by atoms with E-state index in [9.17, 15) is 14.4 Å². The Morgan fingerprint density at radius 3 is 2.69 bits per heavy atom. The number of hydrogen-bond donors (Lipinski definition) is 3. The molecule has 0 aromatic heterocycles. The summed E-state index contributed by atoms with van der Waals surface area (Å²) in [6.45, 7) is 7.26. The Kier molecular flexibility index (Phi) is 12.0. The first-order valence-electron chi connectivity index (χ1n) is 8.05. The molecule has 0 saturated heterocycles. The summed E-state index contributed by atoms with van der Waals surface area (Å²) in [5.74, 6) is 3.88. The third-order valence-corrected chi connectivity index (χ3v) is 3.27. The molecule has 4 N–H and O–H groups in total. The molecule has 0 saturated carbocycles. The minimum absolute atomic E-state index is 0.0908. The topological polar surface area (TPSA) is 129 Å². The van der Waals surface area contributed by atoms with Gasteiger partial charge in [0.2, 0.25) is 18.3 Å². The standard InChI is InChI=1S/C15H23N3O6.C2H4/c1-10-7-5-3-4-6-8-11(19)13(12(18-16)14(20)17-10)23-9-24-15(21)22-2;1-2/h6,8,10,18H,3-5,7,9,16H2,1-2H3,(H,17,20);1-2H2/b8-6-,13-12+;. The second kappa shape index (κ2) is 13.5. The molecule has 1 aliphatic heterocycles. The van der Waals surface area contributed by atoms with Crippen molar-refractivity contribution in [3.63, 3.8) is 0 Å². The summed E-state index contributed by atoms with van der Waals surface area (Å²) in [6.07, 6.45) is 5.36. The lowest BCUT2D eigenvalue weighted by atomic mass is 10.1. The summed E-state index contributed by atoms with van der Waals surface area (Å²) in [4.78, 5) is 35.5. The summed E-state index contributed by atoms with van der Waals surface area (Å²) >= 11 is 0. The number of hydrazine groups is 1. The first-order valence-corrected chi connectivity index (χ1v) is 8.05. The first-order chi connectivity index (χ1) is 12.5. The molecule has 0 aliphatic carbocycles. The van der Waals surface area contributed by atoms with E-state index in [1.165, 1.54) is 6.08 Å². The van der Waals surface area contributed by atoms with Gasteiger partial charge in [-0.15, -0.1) is 13.2 Å². The van der Waals surface area contributed by atoms with Gasteiger partial charge in [-0.3, -0.25) is 15.4 Å². The number of amides is 1. The van der Waals surface area contributed by atoms with Crippen LogP contribution in [0.1, 0.15) is 32.6 Å². The first kappa shape index (κ1) is 23.2. The van der Waals surface area contributed by atoms with Gasteiger partial charge in [0, 0.05) is 6.04 Å². The average Bonchev–Trinajstić information content (AvgIpc) is 2.64. The van der Waals surface area contributed by atoms with Crippen LogP contribution in [0.3, 0.4) is 0 Å². The predicted octanol–water partition coefficient (Wildman–Crippen LogP) is 1.42. The number of allylic oxidation sites excluding steroid dienone is 2. The third-order valence-electron chi connectivity index (χ3n) is 3.27. The minimum Gasteiger partial charge on any atom is -0.451 e. The maximum atomic E-state index is 12.3. The molecule has 1 atom stereocenters. The zero-order chi connectivity index (χ0) is 19.9. The van der Waals surface area contributed by atoms with Crippen molar-refractivity contribution in [3.05, 3.63) is 36.8 Å². The van der Waals surface area contributed by atoms with Gasteiger partial charge in [0.05, 0.1) is 7.11 Å². The van der Waals surface area contributed by atoms with Crippen molar-refractivity contribution in [2.45, 2.75) is 38.6 Å². The van der Waals surface area contributed by atoms with Crippen LogP contribution in [0.4, 0.5) is 4.79 Å². The quantitative estimate of drug-likeness (QED) is 0.223. The molecule has 9 nitrogen and oxygen atoms in total. The smallest absolute Gasteiger partial charge is 0.451 e. The van der Waals surface area contributed by atoms with Crippen LogP contribution in [-0.2, 0) is 23.8 Å². The molecule has 146 valence electrons. The molecule has 0 aromatic rings. The average molecular weight is 369 g/mol. The molecule has 1 amide bonds. The largest absolute Gasteiger partial charge is 0.510 e. The summed E-state index contributed by atoms with van der Waals surface area (Å²) < 4.78 is 14.0. The highest BCUT2D eigenvalue weighted by atomic mass is 16.8. The number of carbonyl (C=O) groups is 3. The van der Waals surface area contributed by atoms with Crippen molar-refractivity contribution in [2.75, 3.05) is 13.9 Å². The lowest BCUT2D eigenvalue weighted by molar-refractivity contribution is -0.121. The van der Waals surface area contributed by atoms with E-state index < -0.39 is 24.6 Å². The maximum Gasteiger partial charge on any atom is 0.510 e. The van der Waals surface area contributed by atoms with Gasteiger partial charge in [0.25, 0.3) is 5.91 Å². The van der Waals surface area contributed by atoms with Crippen LogP contribution in [0, 0.1) is 0 Å². The Hall–Kier alpha value is -2.81. The Bertz CT molecular complexity index is 545. The fourth-order valence-electron chi connectivity index (χ4n) is 2.04. The van der Waals surface area contributed by atoms with Gasteiger partial charge in [-0.2, -0.15) is 0 Å². The van der Waals surface area contributed by atoms with Gasteiger partial charge in [-0.1, -0.05) is 12.5 Å². The number of nitrogens with two attached hydrogens (primary N) is 1. The number of ether oxygens (including phenoxy) is 3. The fraction of sp³-hybridized carbons (Fsp3) is 0.471. The summed E-state index contributed by atoms with van der Waals surface area (Å²) in [7, 11) is 1.13. The Labute approximate surface area is 153 Å². The van der Waals surface area contributed by atoms with Crippen molar-refractivity contribution in [2.24, 2.45) is 5.84 Å². The van der Waals surface area contributed by atoms with Crippen LogP contribution in [0.25, 0.3) is 0 Å². The van der Waals surface area contributed by atoms with Crippen molar-refractivity contribution in [1.29, 1.82) is 0 Å². The zero-order valence-electron chi connectivity index (χ0n) is 15.2. The van der Waals surface area contributed by atoms with Gasteiger partial charge in [-0.25, -0.2) is 4.79 Å². The van der Waals surface area contributed by atoms with Crippen LogP contribution in [0.15, 0.2) is 36.8 Å². The fourth-order valence-corrected chi connectivity index (χ4v) is 2.04. The van der Waals surface area contributed by atoms with E-state index >= 15 is 0 Å². The van der Waals surface area contributed by atoms with Crippen molar-refractivity contribution in [3.8, 4) is 0 Å². The molecule has 0 bridgehead atoms. The summed E-state index contributed by atoms with van der Waals surface area (Å²) in [5, 5.41) is 2.73. The second-order valence-corrected chi connectivity index (χ2v) is 5.13. The molecule has 9 heteroatoms. The number of ketones is 1.